The molecule has 1 unspecified atom stereocenters. The second kappa shape index (κ2) is 9.66. The molecule has 1 atom stereocenters. The lowest BCUT2D eigenvalue weighted by Crippen LogP contribution is -2.45. The summed E-state index contributed by atoms with van der Waals surface area (Å²) in [7, 11) is 3.55. The number of benzene rings is 1. The van der Waals surface area contributed by atoms with E-state index in [9.17, 15) is 9.59 Å². The lowest BCUT2D eigenvalue weighted by molar-refractivity contribution is 0.0167. The lowest BCUT2D eigenvalue weighted by Gasteiger charge is -2.34. The maximum Gasteiger partial charge on any atom is 0.410 e. The molecule has 0 aliphatic carbocycles. The number of thiophene rings is 1. The van der Waals surface area contributed by atoms with Crippen molar-refractivity contribution in [2.45, 2.75) is 39.2 Å². The standard InChI is InChI=1S/C25H32N4O4S/c1-25(2,3)33-24(31)29-12-6-8-16(15-29)14-26-23(30)17-10-11-18(32-5)21-20(17)27-22(28(21)4)19-9-7-13-34-19/h7,9-11,13,16H,6,8,12,14-15H2,1-5H3,(H,26,30). The molecule has 1 fully saturated rings. The number of nitrogens with one attached hydrogen (secondary N) is 1. The van der Waals surface area contributed by atoms with Crippen molar-refractivity contribution in [1.82, 2.24) is 19.8 Å². The van der Waals surface area contributed by atoms with Gasteiger partial charge in [-0.05, 0) is 63.1 Å². The first kappa shape index (κ1) is 24.1. The number of carbonyl (C=O) groups is 2. The van der Waals surface area contributed by atoms with Crippen molar-refractivity contribution in [2.75, 3.05) is 26.7 Å². The van der Waals surface area contributed by atoms with Gasteiger partial charge in [0, 0.05) is 26.7 Å². The van der Waals surface area contributed by atoms with E-state index in [2.05, 4.69) is 5.32 Å². The maximum absolute atomic E-state index is 13.2. The Bertz CT molecular complexity index is 1180. The second-order valence-electron chi connectivity index (χ2n) is 9.63. The van der Waals surface area contributed by atoms with E-state index in [1.165, 1.54) is 0 Å². The van der Waals surface area contributed by atoms with E-state index in [0.717, 1.165) is 29.1 Å². The number of ether oxygens (including phenoxy) is 2. The Morgan fingerprint density at radius 2 is 2.06 bits per heavy atom. The van der Waals surface area contributed by atoms with Gasteiger partial charge in [-0.15, -0.1) is 11.3 Å². The third kappa shape index (κ3) is 5.04. The molecule has 1 N–H and O–H groups in total. The molecule has 1 saturated heterocycles. The Kier molecular flexibility index (Phi) is 6.84. The molecule has 9 heteroatoms. The van der Waals surface area contributed by atoms with Crippen LogP contribution in [0.15, 0.2) is 29.6 Å². The molecule has 0 saturated carbocycles. The minimum absolute atomic E-state index is 0.171. The molecule has 1 aromatic carbocycles. The molecule has 3 heterocycles. The van der Waals surface area contributed by atoms with Gasteiger partial charge in [0.1, 0.15) is 22.4 Å². The SMILES string of the molecule is COc1ccc(C(=O)NCC2CCCN(C(=O)OC(C)(C)C)C2)c2nc(-c3cccs3)n(C)c12. The molecule has 8 nitrogen and oxygen atoms in total. The molecule has 4 rings (SSSR count). The molecule has 0 radical (unpaired) electrons. The summed E-state index contributed by atoms with van der Waals surface area (Å²) in [6.07, 6.45) is 1.54. The number of methoxy groups -OCH3 is 1. The van der Waals surface area contributed by atoms with E-state index in [0.29, 0.717) is 36.5 Å². The first-order chi connectivity index (χ1) is 16.2. The molecule has 2 amide bonds. The number of imidazole rings is 1. The summed E-state index contributed by atoms with van der Waals surface area (Å²) in [5.41, 5.74) is 1.38. The predicted octanol–water partition coefficient (Wildman–Crippen LogP) is 4.69. The highest BCUT2D eigenvalue weighted by molar-refractivity contribution is 7.13. The highest BCUT2D eigenvalue weighted by Crippen LogP contribution is 2.34. The number of hydrogen-bond acceptors (Lipinski definition) is 6. The van der Waals surface area contributed by atoms with Gasteiger partial charge in [-0.2, -0.15) is 0 Å². The number of fused-ring (bicyclic) bond motifs is 1. The number of rotatable bonds is 5. The van der Waals surface area contributed by atoms with Crippen LogP contribution in [0.1, 0.15) is 44.0 Å². The summed E-state index contributed by atoms with van der Waals surface area (Å²) < 4.78 is 13.0. The van der Waals surface area contributed by atoms with Gasteiger partial charge in [0.25, 0.3) is 5.91 Å². The van der Waals surface area contributed by atoms with E-state index in [1.54, 1.807) is 29.4 Å². The molecule has 182 valence electrons. The summed E-state index contributed by atoms with van der Waals surface area (Å²) in [6.45, 7) is 7.32. The largest absolute Gasteiger partial charge is 0.494 e. The maximum atomic E-state index is 13.2. The zero-order chi connectivity index (χ0) is 24.5. The smallest absolute Gasteiger partial charge is 0.410 e. The number of nitrogens with zero attached hydrogens (tertiary/aromatic N) is 3. The van der Waals surface area contributed by atoms with Crippen LogP contribution < -0.4 is 10.1 Å². The monoisotopic (exact) mass is 484 g/mol. The van der Waals surface area contributed by atoms with Gasteiger partial charge in [-0.3, -0.25) is 4.79 Å². The van der Waals surface area contributed by atoms with Gasteiger partial charge < -0.3 is 24.3 Å². The first-order valence-corrected chi connectivity index (χ1v) is 12.4. The van der Waals surface area contributed by atoms with Gasteiger partial charge in [-0.1, -0.05) is 6.07 Å². The van der Waals surface area contributed by atoms with Gasteiger partial charge in [0.2, 0.25) is 0 Å². The van der Waals surface area contributed by atoms with Crippen molar-refractivity contribution in [1.29, 1.82) is 0 Å². The average molecular weight is 485 g/mol. The number of carbonyl (C=O) groups excluding carboxylic acids is 2. The zero-order valence-electron chi connectivity index (χ0n) is 20.4. The molecule has 2 aromatic heterocycles. The molecule has 1 aliphatic heterocycles. The van der Waals surface area contributed by atoms with E-state index >= 15 is 0 Å². The van der Waals surface area contributed by atoms with Crippen LogP contribution in [0.4, 0.5) is 4.79 Å². The Hall–Kier alpha value is -3.07. The van der Waals surface area contributed by atoms with Crippen LogP contribution >= 0.6 is 11.3 Å². The van der Waals surface area contributed by atoms with Crippen LogP contribution in [0.25, 0.3) is 21.7 Å². The van der Waals surface area contributed by atoms with Crippen LogP contribution in [0, 0.1) is 5.92 Å². The van der Waals surface area contributed by atoms with Crippen molar-refractivity contribution in [2.24, 2.45) is 13.0 Å². The molecule has 3 aromatic rings. The third-order valence-electron chi connectivity index (χ3n) is 5.91. The molecule has 0 spiro atoms. The summed E-state index contributed by atoms with van der Waals surface area (Å²) in [5.74, 6) is 1.45. The van der Waals surface area contributed by atoms with Gasteiger partial charge in [0.15, 0.2) is 5.82 Å². The number of aryl methyl sites for hydroxylation is 1. The number of hydrogen-bond donors (Lipinski definition) is 1. The number of likely N-dealkylation sites (tertiary alicyclic amines) is 1. The van der Waals surface area contributed by atoms with E-state index in [4.69, 9.17) is 14.5 Å². The highest BCUT2D eigenvalue weighted by atomic mass is 32.1. The molecular weight excluding hydrogens is 452 g/mol. The molecular formula is C25H32N4O4S. The molecule has 34 heavy (non-hydrogen) atoms. The Balaban J connectivity index is 1.50. The minimum atomic E-state index is -0.525. The van der Waals surface area contributed by atoms with Crippen LogP contribution in [0.3, 0.4) is 0 Å². The highest BCUT2D eigenvalue weighted by Gasteiger charge is 2.28. The van der Waals surface area contributed by atoms with Gasteiger partial charge in [-0.25, -0.2) is 9.78 Å². The summed E-state index contributed by atoms with van der Waals surface area (Å²) in [4.78, 5) is 33.2. The third-order valence-corrected chi connectivity index (χ3v) is 6.78. The number of aromatic nitrogens is 2. The fourth-order valence-electron chi connectivity index (χ4n) is 4.32. The fourth-order valence-corrected chi connectivity index (χ4v) is 5.06. The normalized spacial score (nSPS) is 16.5. The van der Waals surface area contributed by atoms with Crippen molar-refractivity contribution < 1.29 is 19.1 Å². The van der Waals surface area contributed by atoms with Crippen LogP contribution in [-0.2, 0) is 11.8 Å². The summed E-state index contributed by atoms with van der Waals surface area (Å²) in [6, 6.07) is 7.56. The van der Waals surface area contributed by atoms with E-state index in [-0.39, 0.29) is 17.9 Å². The predicted molar refractivity (Wildman–Crippen MR) is 133 cm³/mol. The Labute approximate surface area is 203 Å². The average Bonchev–Trinajstić information content (AvgIpc) is 3.44. The summed E-state index contributed by atoms with van der Waals surface area (Å²) >= 11 is 1.60. The van der Waals surface area contributed by atoms with Crippen molar-refractivity contribution in [3.8, 4) is 16.5 Å². The van der Waals surface area contributed by atoms with Crippen molar-refractivity contribution in [3.63, 3.8) is 0 Å². The molecule has 0 bridgehead atoms. The second-order valence-corrected chi connectivity index (χ2v) is 10.6. The molecule has 1 aliphatic rings. The van der Waals surface area contributed by atoms with Crippen molar-refractivity contribution in [3.05, 3.63) is 35.2 Å². The number of piperidine rings is 1. The lowest BCUT2D eigenvalue weighted by atomic mass is 9.98. The Morgan fingerprint density at radius 1 is 1.26 bits per heavy atom. The quantitative estimate of drug-likeness (QED) is 0.568. The number of amides is 2. The fraction of sp³-hybridized carbons (Fsp3) is 0.480. The van der Waals surface area contributed by atoms with E-state index < -0.39 is 5.60 Å². The topological polar surface area (TPSA) is 85.7 Å². The van der Waals surface area contributed by atoms with Crippen LogP contribution in [0.5, 0.6) is 5.75 Å². The van der Waals surface area contributed by atoms with Gasteiger partial charge >= 0.3 is 6.09 Å². The Morgan fingerprint density at radius 3 is 2.74 bits per heavy atom. The van der Waals surface area contributed by atoms with Crippen LogP contribution in [0.2, 0.25) is 0 Å². The summed E-state index contributed by atoms with van der Waals surface area (Å²) in [5, 5.41) is 5.07. The first-order valence-electron chi connectivity index (χ1n) is 11.5. The van der Waals surface area contributed by atoms with Gasteiger partial charge in [0.05, 0.1) is 17.6 Å². The van der Waals surface area contributed by atoms with E-state index in [1.807, 2.05) is 56.0 Å². The van der Waals surface area contributed by atoms with Crippen LogP contribution in [-0.4, -0.2) is 58.8 Å². The van der Waals surface area contributed by atoms with Crippen molar-refractivity contribution >= 4 is 34.4 Å². The minimum Gasteiger partial charge on any atom is -0.494 e. The zero-order valence-corrected chi connectivity index (χ0v) is 21.2.